The third kappa shape index (κ3) is 2.73. The number of nitrogens with one attached hydrogen (secondary N) is 1. The van der Waals surface area contributed by atoms with Crippen LogP contribution in [0.4, 0.5) is 4.39 Å². The number of pyridine rings is 1. The van der Waals surface area contributed by atoms with E-state index in [1.165, 1.54) is 12.0 Å². The Morgan fingerprint density at radius 2 is 2.32 bits per heavy atom. The molecule has 1 aromatic heterocycles. The highest BCUT2D eigenvalue weighted by Gasteiger charge is 2.47. The van der Waals surface area contributed by atoms with Gasteiger partial charge >= 0.3 is 0 Å². The maximum Gasteiger partial charge on any atom is 0.137 e. The number of hydrogen-bond acceptors (Lipinski definition) is 3. The van der Waals surface area contributed by atoms with Crippen LogP contribution in [0.3, 0.4) is 0 Å². The lowest BCUT2D eigenvalue weighted by molar-refractivity contribution is 0.216. The van der Waals surface area contributed by atoms with Gasteiger partial charge in [-0.1, -0.05) is 6.92 Å². The normalized spacial score (nSPS) is 32.7. The van der Waals surface area contributed by atoms with Gasteiger partial charge in [-0.25, -0.2) is 0 Å². The molecule has 3 rings (SSSR count). The first-order valence-corrected chi connectivity index (χ1v) is 7.16. The van der Waals surface area contributed by atoms with Crippen LogP contribution in [0.15, 0.2) is 18.5 Å². The molecule has 4 atom stereocenters. The quantitative estimate of drug-likeness (QED) is 0.857. The largest absolute Gasteiger partial charge is 0.490 e. The van der Waals surface area contributed by atoms with Gasteiger partial charge in [-0.3, -0.25) is 9.37 Å². The fourth-order valence-corrected chi connectivity index (χ4v) is 3.05. The van der Waals surface area contributed by atoms with Gasteiger partial charge in [0.15, 0.2) is 0 Å². The summed E-state index contributed by atoms with van der Waals surface area (Å²) in [4.78, 5) is 4.26. The van der Waals surface area contributed by atoms with Crippen molar-refractivity contribution in [1.29, 1.82) is 0 Å². The Hall–Kier alpha value is -1.16. The lowest BCUT2D eigenvalue weighted by Crippen LogP contribution is -2.46. The van der Waals surface area contributed by atoms with E-state index in [1.807, 2.05) is 6.20 Å². The average Bonchev–Trinajstić information content (AvgIpc) is 2.99. The monoisotopic (exact) mass is 264 g/mol. The van der Waals surface area contributed by atoms with Gasteiger partial charge in [-0.2, -0.15) is 0 Å². The van der Waals surface area contributed by atoms with Crippen LogP contribution >= 0.6 is 0 Å². The van der Waals surface area contributed by atoms with Crippen LogP contribution in [-0.4, -0.2) is 30.9 Å². The summed E-state index contributed by atoms with van der Waals surface area (Å²) in [6.07, 6.45) is 5.52. The first-order chi connectivity index (χ1) is 9.29. The third-order valence-electron chi connectivity index (χ3n) is 4.50. The van der Waals surface area contributed by atoms with Crippen molar-refractivity contribution >= 4 is 0 Å². The first-order valence-electron chi connectivity index (χ1n) is 7.16. The summed E-state index contributed by atoms with van der Waals surface area (Å²) in [6.45, 7) is 3.77. The van der Waals surface area contributed by atoms with Crippen molar-refractivity contribution in [3.63, 3.8) is 0 Å². The zero-order valence-electron chi connectivity index (χ0n) is 11.3. The molecule has 19 heavy (non-hydrogen) atoms. The molecule has 1 aliphatic carbocycles. The van der Waals surface area contributed by atoms with Gasteiger partial charge in [-0.15, -0.1) is 0 Å². The Morgan fingerprint density at radius 3 is 3.00 bits per heavy atom. The Morgan fingerprint density at radius 1 is 1.47 bits per heavy atom. The van der Waals surface area contributed by atoms with Crippen LogP contribution in [0.2, 0.25) is 0 Å². The number of halogens is 1. The van der Waals surface area contributed by atoms with Gasteiger partial charge in [0, 0.05) is 12.2 Å². The maximum atomic E-state index is 12.4. The standard InChI is InChI=1S/C15H21FN2O/c1-10-14(2-4-16)15(10)11-6-13(8-17-7-11)19-9-12-3-5-18-12/h6-8,10,12,14-15,18H,2-5,9H2,1H3. The molecule has 3 nitrogen and oxygen atoms in total. The van der Waals surface area contributed by atoms with E-state index in [4.69, 9.17) is 4.74 Å². The van der Waals surface area contributed by atoms with Crippen molar-refractivity contribution in [1.82, 2.24) is 10.3 Å². The van der Waals surface area contributed by atoms with Crippen molar-refractivity contribution in [2.45, 2.75) is 31.7 Å². The lowest BCUT2D eigenvalue weighted by atomic mass is 10.1. The van der Waals surface area contributed by atoms with Gasteiger partial charge in [0.25, 0.3) is 0 Å². The molecule has 0 aromatic carbocycles. The fraction of sp³-hybridized carbons (Fsp3) is 0.667. The van der Waals surface area contributed by atoms with Crippen LogP contribution in [0.1, 0.15) is 31.2 Å². The van der Waals surface area contributed by atoms with E-state index < -0.39 is 0 Å². The Labute approximate surface area is 113 Å². The van der Waals surface area contributed by atoms with Gasteiger partial charge in [0.05, 0.1) is 12.9 Å². The summed E-state index contributed by atoms with van der Waals surface area (Å²) < 4.78 is 18.2. The Balaban J connectivity index is 1.60. The third-order valence-corrected chi connectivity index (χ3v) is 4.50. The highest BCUT2D eigenvalue weighted by atomic mass is 19.1. The highest BCUT2D eigenvalue weighted by molar-refractivity contribution is 5.31. The van der Waals surface area contributed by atoms with Crippen molar-refractivity contribution in [3.05, 3.63) is 24.0 Å². The number of hydrogen-bond donors (Lipinski definition) is 1. The molecule has 0 spiro atoms. The number of rotatable bonds is 6. The summed E-state index contributed by atoms with van der Waals surface area (Å²) in [5, 5.41) is 3.31. The van der Waals surface area contributed by atoms with Crippen LogP contribution in [0, 0.1) is 11.8 Å². The van der Waals surface area contributed by atoms with Crippen molar-refractivity contribution in [2.75, 3.05) is 19.8 Å². The predicted molar refractivity (Wildman–Crippen MR) is 72.1 cm³/mol. The average molecular weight is 264 g/mol. The number of ether oxygens (including phenoxy) is 1. The van der Waals surface area contributed by atoms with E-state index in [0.717, 1.165) is 12.3 Å². The molecule has 0 amide bonds. The second-order valence-electron chi connectivity index (χ2n) is 5.73. The molecule has 0 bridgehead atoms. The van der Waals surface area contributed by atoms with Crippen molar-refractivity contribution in [3.8, 4) is 5.75 Å². The molecule has 1 N–H and O–H groups in total. The zero-order chi connectivity index (χ0) is 13.2. The first kappa shape index (κ1) is 12.9. The smallest absolute Gasteiger partial charge is 0.137 e. The van der Waals surface area contributed by atoms with Crippen LogP contribution < -0.4 is 10.1 Å². The van der Waals surface area contributed by atoms with Gasteiger partial charge in [-0.05, 0) is 48.8 Å². The van der Waals surface area contributed by atoms with Gasteiger partial charge < -0.3 is 10.1 Å². The van der Waals surface area contributed by atoms with Crippen molar-refractivity contribution < 1.29 is 9.13 Å². The molecule has 2 fully saturated rings. The van der Waals surface area contributed by atoms with E-state index in [2.05, 4.69) is 23.3 Å². The minimum Gasteiger partial charge on any atom is -0.490 e. The molecule has 4 heteroatoms. The summed E-state index contributed by atoms with van der Waals surface area (Å²) in [7, 11) is 0. The molecule has 1 aromatic rings. The summed E-state index contributed by atoms with van der Waals surface area (Å²) in [6, 6.07) is 2.56. The molecule has 1 saturated carbocycles. The number of aromatic nitrogens is 1. The van der Waals surface area contributed by atoms with Crippen molar-refractivity contribution in [2.24, 2.45) is 11.8 Å². The Kier molecular flexibility index (Phi) is 3.69. The lowest BCUT2D eigenvalue weighted by Gasteiger charge is -2.27. The molecule has 1 aliphatic heterocycles. The Bertz CT molecular complexity index is 436. The topological polar surface area (TPSA) is 34.1 Å². The fourth-order valence-electron chi connectivity index (χ4n) is 3.05. The van der Waals surface area contributed by atoms with Gasteiger partial charge in [0.2, 0.25) is 0 Å². The minimum absolute atomic E-state index is 0.220. The van der Waals surface area contributed by atoms with E-state index in [1.54, 1.807) is 6.20 Å². The number of alkyl halides is 1. The maximum absolute atomic E-state index is 12.4. The molecular formula is C15H21FN2O. The molecule has 2 aliphatic rings. The van der Waals surface area contributed by atoms with Crippen LogP contribution in [0.5, 0.6) is 5.75 Å². The molecule has 1 saturated heterocycles. The molecular weight excluding hydrogens is 243 g/mol. The SMILES string of the molecule is CC1C(CCF)C1c1cncc(OCC2CCN2)c1. The van der Waals surface area contributed by atoms with Gasteiger partial charge in [0.1, 0.15) is 12.4 Å². The second-order valence-corrected chi connectivity index (χ2v) is 5.73. The summed E-state index contributed by atoms with van der Waals surface area (Å²) in [5.41, 5.74) is 1.20. The number of nitrogens with zero attached hydrogens (tertiary/aromatic N) is 1. The summed E-state index contributed by atoms with van der Waals surface area (Å²) in [5.74, 6) is 2.36. The van der Waals surface area contributed by atoms with Crippen LogP contribution in [0.25, 0.3) is 0 Å². The molecule has 0 radical (unpaired) electrons. The van der Waals surface area contributed by atoms with E-state index >= 15 is 0 Å². The minimum atomic E-state index is -0.220. The predicted octanol–water partition coefficient (Wildman–Crippen LogP) is 2.53. The zero-order valence-corrected chi connectivity index (χ0v) is 11.3. The highest BCUT2D eigenvalue weighted by Crippen LogP contribution is 2.55. The van der Waals surface area contributed by atoms with E-state index in [9.17, 15) is 4.39 Å². The molecule has 4 unspecified atom stereocenters. The second kappa shape index (κ2) is 5.45. The van der Waals surface area contributed by atoms with Crippen LogP contribution in [-0.2, 0) is 0 Å². The molecule has 2 heterocycles. The van der Waals surface area contributed by atoms with E-state index in [0.29, 0.717) is 36.8 Å². The molecule has 104 valence electrons. The van der Waals surface area contributed by atoms with E-state index in [-0.39, 0.29) is 6.67 Å². The summed E-state index contributed by atoms with van der Waals surface area (Å²) >= 11 is 0.